The molecule has 4 heteroatoms. The Morgan fingerprint density at radius 3 is 2.44 bits per heavy atom. The van der Waals surface area contributed by atoms with E-state index in [-0.39, 0.29) is 23.4 Å². The molecule has 0 saturated heterocycles. The lowest BCUT2D eigenvalue weighted by Gasteiger charge is -2.23. The maximum atomic E-state index is 13.4. The highest BCUT2D eigenvalue weighted by atomic mass is 19.1. The van der Waals surface area contributed by atoms with Crippen molar-refractivity contribution in [1.29, 1.82) is 0 Å². The zero-order valence-corrected chi connectivity index (χ0v) is 11.6. The first-order chi connectivity index (χ1) is 8.19. The molecule has 0 aliphatic rings. The Hall–Kier alpha value is -1.58. The van der Waals surface area contributed by atoms with Gasteiger partial charge in [0.1, 0.15) is 5.82 Å². The number of rotatable bonds is 2. The van der Waals surface area contributed by atoms with E-state index in [4.69, 9.17) is 0 Å². The van der Waals surface area contributed by atoms with Crippen molar-refractivity contribution < 1.29 is 9.18 Å². The smallest absolute Gasteiger partial charge is 0.315 e. The molecular formula is C14H21FN2O. The Morgan fingerprint density at radius 1 is 1.33 bits per heavy atom. The molecule has 0 radical (unpaired) electrons. The van der Waals surface area contributed by atoms with Crippen LogP contribution < -0.4 is 10.6 Å². The first-order valence-corrected chi connectivity index (χ1v) is 6.04. The summed E-state index contributed by atoms with van der Waals surface area (Å²) in [5.74, 6) is -0.252. The van der Waals surface area contributed by atoms with E-state index in [1.165, 1.54) is 6.07 Å². The fourth-order valence-electron chi connectivity index (χ4n) is 1.54. The maximum absolute atomic E-state index is 13.4. The molecule has 0 spiro atoms. The van der Waals surface area contributed by atoms with Gasteiger partial charge >= 0.3 is 6.03 Å². The average molecular weight is 252 g/mol. The van der Waals surface area contributed by atoms with E-state index >= 15 is 0 Å². The number of nitrogens with one attached hydrogen (secondary N) is 2. The lowest BCUT2D eigenvalue weighted by Crippen LogP contribution is -2.47. The van der Waals surface area contributed by atoms with Crippen molar-refractivity contribution in [2.24, 2.45) is 0 Å². The molecule has 0 bridgehead atoms. The summed E-state index contributed by atoms with van der Waals surface area (Å²) in [6.07, 6.45) is 0. The van der Waals surface area contributed by atoms with Crippen molar-refractivity contribution in [3.8, 4) is 0 Å². The van der Waals surface area contributed by atoms with Gasteiger partial charge in [0.05, 0.1) is 6.04 Å². The Morgan fingerprint density at radius 2 is 1.94 bits per heavy atom. The van der Waals surface area contributed by atoms with Gasteiger partial charge in [-0.05, 0) is 51.8 Å². The minimum atomic E-state index is -0.289. The van der Waals surface area contributed by atoms with E-state index < -0.39 is 0 Å². The monoisotopic (exact) mass is 252 g/mol. The number of carbonyl (C=O) groups excluding carboxylic acids is 1. The molecule has 1 unspecified atom stereocenters. The quantitative estimate of drug-likeness (QED) is 0.833. The minimum Gasteiger partial charge on any atom is -0.334 e. The summed E-state index contributed by atoms with van der Waals surface area (Å²) in [6, 6.07) is 4.50. The standard InChI is InChI=1S/C14H21FN2O/c1-9-6-7-11(8-12(9)15)10(2)16-13(18)17-14(3,4)5/h6-8,10H,1-5H3,(H2,16,17,18). The SMILES string of the molecule is Cc1ccc(C(C)NC(=O)NC(C)(C)C)cc1F. The van der Waals surface area contributed by atoms with Gasteiger partial charge in [0.25, 0.3) is 0 Å². The van der Waals surface area contributed by atoms with Crippen LogP contribution in [0.15, 0.2) is 18.2 Å². The zero-order valence-electron chi connectivity index (χ0n) is 11.6. The van der Waals surface area contributed by atoms with Crippen LogP contribution in [0.25, 0.3) is 0 Å². The summed E-state index contributed by atoms with van der Waals surface area (Å²) in [4.78, 5) is 11.7. The van der Waals surface area contributed by atoms with Crippen molar-refractivity contribution in [3.05, 3.63) is 35.1 Å². The molecule has 1 aromatic carbocycles. The second-order valence-corrected chi connectivity index (χ2v) is 5.58. The summed E-state index contributed by atoms with van der Waals surface area (Å²) in [7, 11) is 0. The van der Waals surface area contributed by atoms with Gasteiger partial charge in [0, 0.05) is 5.54 Å². The van der Waals surface area contributed by atoms with E-state index in [1.54, 1.807) is 13.0 Å². The van der Waals surface area contributed by atoms with Crippen molar-refractivity contribution in [3.63, 3.8) is 0 Å². The second kappa shape index (κ2) is 5.38. The molecule has 0 fully saturated rings. The molecular weight excluding hydrogens is 231 g/mol. The molecule has 100 valence electrons. The van der Waals surface area contributed by atoms with Crippen LogP contribution >= 0.6 is 0 Å². The predicted molar refractivity (Wildman–Crippen MR) is 71.0 cm³/mol. The summed E-state index contributed by atoms with van der Waals surface area (Å²) >= 11 is 0. The predicted octanol–water partition coefficient (Wildman–Crippen LogP) is 3.29. The first kappa shape index (κ1) is 14.5. The second-order valence-electron chi connectivity index (χ2n) is 5.58. The molecule has 1 atom stereocenters. The van der Waals surface area contributed by atoms with Gasteiger partial charge < -0.3 is 10.6 Å². The summed E-state index contributed by atoms with van der Waals surface area (Å²) in [5.41, 5.74) is 1.06. The fraction of sp³-hybridized carbons (Fsp3) is 0.500. The van der Waals surface area contributed by atoms with Crippen molar-refractivity contribution in [1.82, 2.24) is 10.6 Å². The molecule has 0 aromatic heterocycles. The molecule has 18 heavy (non-hydrogen) atoms. The maximum Gasteiger partial charge on any atom is 0.315 e. The fourth-order valence-corrected chi connectivity index (χ4v) is 1.54. The van der Waals surface area contributed by atoms with Crippen molar-refractivity contribution in [2.45, 2.75) is 46.2 Å². The van der Waals surface area contributed by atoms with Crippen LogP contribution in [0.5, 0.6) is 0 Å². The molecule has 2 amide bonds. The third-order valence-corrected chi connectivity index (χ3v) is 2.53. The molecule has 0 aliphatic heterocycles. The van der Waals surface area contributed by atoms with Gasteiger partial charge in [-0.2, -0.15) is 0 Å². The van der Waals surface area contributed by atoms with E-state index in [9.17, 15) is 9.18 Å². The van der Waals surface area contributed by atoms with Crippen molar-refractivity contribution >= 4 is 6.03 Å². The van der Waals surface area contributed by atoms with E-state index in [1.807, 2.05) is 33.8 Å². The average Bonchev–Trinajstić information content (AvgIpc) is 2.18. The number of hydrogen-bond donors (Lipinski definition) is 2. The molecule has 1 rings (SSSR count). The Kier molecular flexibility index (Phi) is 4.33. The lowest BCUT2D eigenvalue weighted by atomic mass is 10.1. The van der Waals surface area contributed by atoms with Gasteiger partial charge in [-0.25, -0.2) is 9.18 Å². The molecule has 0 saturated carbocycles. The third kappa shape index (κ3) is 4.35. The number of benzene rings is 1. The Balaban J connectivity index is 2.68. The summed E-state index contributed by atoms with van der Waals surface area (Å²) in [5, 5.41) is 5.58. The normalized spacial score (nSPS) is 13.0. The number of hydrogen-bond acceptors (Lipinski definition) is 1. The van der Waals surface area contributed by atoms with E-state index in [2.05, 4.69) is 10.6 Å². The lowest BCUT2D eigenvalue weighted by molar-refractivity contribution is 0.229. The summed E-state index contributed by atoms with van der Waals surface area (Å²) < 4.78 is 13.4. The number of amides is 2. The van der Waals surface area contributed by atoms with Crippen LogP contribution in [0.2, 0.25) is 0 Å². The number of halogens is 1. The molecule has 2 N–H and O–H groups in total. The molecule has 0 heterocycles. The molecule has 3 nitrogen and oxygen atoms in total. The van der Waals surface area contributed by atoms with Gasteiger partial charge in [0.15, 0.2) is 0 Å². The van der Waals surface area contributed by atoms with Crippen LogP contribution in [-0.2, 0) is 0 Å². The highest BCUT2D eigenvalue weighted by molar-refractivity contribution is 5.75. The van der Waals surface area contributed by atoms with Crippen LogP contribution in [0.1, 0.15) is 44.9 Å². The van der Waals surface area contributed by atoms with E-state index in [0.717, 1.165) is 5.56 Å². The highest BCUT2D eigenvalue weighted by Crippen LogP contribution is 2.16. The highest BCUT2D eigenvalue weighted by Gasteiger charge is 2.16. The number of aryl methyl sites for hydroxylation is 1. The number of carbonyl (C=O) groups is 1. The third-order valence-electron chi connectivity index (χ3n) is 2.53. The zero-order chi connectivity index (χ0) is 13.9. The van der Waals surface area contributed by atoms with Crippen LogP contribution in [-0.4, -0.2) is 11.6 Å². The van der Waals surface area contributed by atoms with Crippen LogP contribution in [0.3, 0.4) is 0 Å². The Labute approximate surface area is 108 Å². The largest absolute Gasteiger partial charge is 0.334 e. The topological polar surface area (TPSA) is 41.1 Å². The number of urea groups is 1. The first-order valence-electron chi connectivity index (χ1n) is 6.04. The van der Waals surface area contributed by atoms with Gasteiger partial charge in [0.2, 0.25) is 0 Å². The Bertz CT molecular complexity index is 438. The van der Waals surface area contributed by atoms with Gasteiger partial charge in [-0.15, -0.1) is 0 Å². The molecule has 1 aromatic rings. The van der Waals surface area contributed by atoms with Crippen LogP contribution in [0, 0.1) is 12.7 Å². The van der Waals surface area contributed by atoms with Crippen molar-refractivity contribution in [2.75, 3.05) is 0 Å². The van der Waals surface area contributed by atoms with E-state index in [0.29, 0.717) is 5.56 Å². The van der Waals surface area contributed by atoms with Crippen LogP contribution in [0.4, 0.5) is 9.18 Å². The molecule has 0 aliphatic carbocycles. The minimum absolute atomic E-state index is 0.234. The van der Waals surface area contributed by atoms with Gasteiger partial charge in [-0.3, -0.25) is 0 Å². The summed E-state index contributed by atoms with van der Waals surface area (Å²) in [6.45, 7) is 9.25. The van der Waals surface area contributed by atoms with Gasteiger partial charge in [-0.1, -0.05) is 12.1 Å².